The number of amides is 1. The first-order chi connectivity index (χ1) is 11.9. The standard InChI is InChI=1S/C17H15F3N2O2S/c18-17(19,20)12-4-3-11(25-12)14-13(15(14)16(23)22-24)9-5-6-21-10(7-9)8-1-2-8/h3-8,13-15,24H,1-2H2,(H,22,23)/t13-,14-,15+/m1/s1. The van der Waals surface area contributed by atoms with E-state index < -0.39 is 22.9 Å². The largest absolute Gasteiger partial charge is 0.425 e. The Morgan fingerprint density at radius 1 is 1.24 bits per heavy atom. The van der Waals surface area contributed by atoms with Crippen LogP contribution in [0.5, 0.6) is 0 Å². The van der Waals surface area contributed by atoms with E-state index in [0.29, 0.717) is 22.1 Å². The molecular formula is C17H15F3N2O2S. The Kier molecular flexibility index (Phi) is 3.84. The topological polar surface area (TPSA) is 62.2 Å². The minimum absolute atomic E-state index is 0.243. The summed E-state index contributed by atoms with van der Waals surface area (Å²) in [7, 11) is 0. The minimum Gasteiger partial charge on any atom is -0.289 e. The van der Waals surface area contributed by atoms with Crippen molar-refractivity contribution in [2.75, 3.05) is 0 Å². The van der Waals surface area contributed by atoms with Crippen molar-refractivity contribution in [2.45, 2.75) is 36.8 Å². The molecule has 3 atom stereocenters. The van der Waals surface area contributed by atoms with Crippen molar-refractivity contribution in [2.24, 2.45) is 5.92 Å². The lowest BCUT2D eigenvalue weighted by Crippen LogP contribution is -2.21. The Hall–Kier alpha value is -1.93. The lowest BCUT2D eigenvalue weighted by molar-refractivity contribution is -0.134. The van der Waals surface area contributed by atoms with Crippen LogP contribution in [0.1, 0.15) is 51.6 Å². The Morgan fingerprint density at radius 3 is 2.60 bits per heavy atom. The van der Waals surface area contributed by atoms with E-state index in [1.54, 1.807) is 17.7 Å². The molecule has 2 aliphatic carbocycles. The van der Waals surface area contributed by atoms with Gasteiger partial charge >= 0.3 is 6.18 Å². The highest BCUT2D eigenvalue weighted by Gasteiger charge is 2.57. The lowest BCUT2D eigenvalue weighted by Gasteiger charge is -2.03. The SMILES string of the molecule is O=C(NO)[C@H]1[C@H](c2ccnc(C3CC3)c2)[C@H]1c1ccc(C(F)(F)F)s1. The van der Waals surface area contributed by atoms with Crippen molar-refractivity contribution in [1.29, 1.82) is 0 Å². The molecule has 2 heterocycles. The number of carbonyl (C=O) groups excluding carboxylic acids is 1. The van der Waals surface area contributed by atoms with Crippen LogP contribution in [0.2, 0.25) is 0 Å². The maximum atomic E-state index is 12.9. The molecule has 0 bridgehead atoms. The number of alkyl halides is 3. The summed E-state index contributed by atoms with van der Waals surface area (Å²) in [6.07, 6.45) is -0.532. The van der Waals surface area contributed by atoms with Gasteiger partial charge in [0.15, 0.2) is 0 Å². The third kappa shape index (κ3) is 3.04. The molecule has 0 saturated heterocycles. The van der Waals surface area contributed by atoms with Gasteiger partial charge in [-0.25, -0.2) is 5.48 Å². The fraction of sp³-hybridized carbons (Fsp3) is 0.412. The normalized spacial score (nSPS) is 25.7. The zero-order chi connectivity index (χ0) is 17.8. The number of hydroxylamine groups is 1. The second-order valence-corrected chi connectivity index (χ2v) is 7.66. The number of nitrogens with zero attached hydrogens (tertiary/aromatic N) is 1. The van der Waals surface area contributed by atoms with E-state index in [1.165, 1.54) is 6.07 Å². The second kappa shape index (κ2) is 5.81. The van der Waals surface area contributed by atoms with Gasteiger partial charge in [0.25, 0.3) is 0 Å². The number of hydrogen-bond acceptors (Lipinski definition) is 4. The Morgan fingerprint density at radius 2 is 2.00 bits per heavy atom. The van der Waals surface area contributed by atoms with E-state index in [2.05, 4.69) is 4.98 Å². The van der Waals surface area contributed by atoms with E-state index in [9.17, 15) is 18.0 Å². The maximum Gasteiger partial charge on any atom is 0.425 e. The Labute approximate surface area is 145 Å². The van der Waals surface area contributed by atoms with Crippen molar-refractivity contribution in [1.82, 2.24) is 10.5 Å². The summed E-state index contributed by atoms with van der Waals surface area (Å²) < 4.78 is 38.6. The highest BCUT2D eigenvalue weighted by atomic mass is 32.1. The van der Waals surface area contributed by atoms with Crippen LogP contribution in [0.4, 0.5) is 13.2 Å². The van der Waals surface area contributed by atoms with E-state index in [0.717, 1.165) is 30.2 Å². The summed E-state index contributed by atoms with van der Waals surface area (Å²) in [6.45, 7) is 0. The maximum absolute atomic E-state index is 12.9. The number of rotatable bonds is 4. The van der Waals surface area contributed by atoms with Crippen LogP contribution in [-0.2, 0) is 11.0 Å². The molecule has 2 N–H and O–H groups in total. The minimum atomic E-state index is -4.39. The van der Waals surface area contributed by atoms with Gasteiger partial charge in [0.05, 0.1) is 5.92 Å². The first-order valence-corrected chi connectivity index (χ1v) is 8.78. The average molecular weight is 368 g/mol. The molecule has 2 aromatic heterocycles. The Bertz CT molecular complexity index is 816. The summed E-state index contributed by atoms with van der Waals surface area (Å²) in [5.74, 6) is -1.29. The predicted octanol–water partition coefficient (Wildman–Crippen LogP) is 4.04. The van der Waals surface area contributed by atoms with Crippen LogP contribution >= 0.6 is 11.3 Å². The zero-order valence-corrected chi connectivity index (χ0v) is 13.8. The fourth-order valence-electron chi connectivity index (χ4n) is 3.44. The molecule has 0 spiro atoms. The van der Waals surface area contributed by atoms with Gasteiger partial charge < -0.3 is 0 Å². The monoisotopic (exact) mass is 368 g/mol. The molecule has 0 unspecified atom stereocenters. The zero-order valence-electron chi connectivity index (χ0n) is 13.0. The molecule has 25 heavy (non-hydrogen) atoms. The lowest BCUT2D eigenvalue weighted by atomic mass is 10.1. The number of nitrogens with one attached hydrogen (secondary N) is 1. The number of hydrogen-bond donors (Lipinski definition) is 2. The van der Waals surface area contributed by atoms with Gasteiger partial charge in [0.2, 0.25) is 5.91 Å². The summed E-state index contributed by atoms with van der Waals surface area (Å²) in [4.78, 5) is 16.2. The van der Waals surface area contributed by atoms with Crippen LogP contribution in [0, 0.1) is 5.92 Å². The Balaban J connectivity index is 1.65. The molecule has 0 radical (unpaired) electrons. The number of carbonyl (C=O) groups is 1. The van der Waals surface area contributed by atoms with Gasteiger partial charge in [-0.05, 0) is 42.7 Å². The smallest absolute Gasteiger partial charge is 0.289 e. The molecule has 0 aliphatic heterocycles. The molecule has 8 heteroatoms. The number of thiophene rings is 1. The van der Waals surface area contributed by atoms with Crippen molar-refractivity contribution in [3.63, 3.8) is 0 Å². The number of pyridine rings is 1. The number of halogens is 3. The van der Waals surface area contributed by atoms with E-state index in [4.69, 9.17) is 5.21 Å². The van der Waals surface area contributed by atoms with Gasteiger partial charge in [0.1, 0.15) is 4.88 Å². The molecular weight excluding hydrogens is 353 g/mol. The summed E-state index contributed by atoms with van der Waals surface area (Å²) in [5, 5.41) is 8.97. The van der Waals surface area contributed by atoms with Crippen molar-refractivity contribution in [3.8, 4) is 0 Å². The van der Waals surface area contributed by atoms with E-state index in [1.807, 2.05) is 6.07 Å². The summed E-state index contributed by atoms with van der Waals surface area (Å²) in [5.41, 5.74) is 3.49. The molecule has 0 aromatic carbocycles. The van der Waals surface area contributed by atoms with Gasteiger partial charge in [-0.2, -0.15) is 13.2 Å². The molecule has 2 aliphatic rings. The summed E-state index contributed by atoms with van der Waals surface area (Å²) >= 11 is 0.661. The summed E-state index contributed by atoms with van der Waals surface area (Å²) in [6, 6.07) is 6.22. The van der Waals surface area contributed by atoms with Crippen molar-refractivity contribution < 1.29 is 23.2 Å². The fourth-order valence-corrected chi connectivity index (χ4v) is 4.51. The molecule has 132 valence electrons. The van der Waals surface area contributed by atoms with Crippen LogP contribution in [0.25, 0.3) is 0 Å². The van der Waals surface area contributed by atoms with Crippen LogP contribution in [0.3, 0.4) is 0 Å². The van der Waals surface area contributed by atoms with E-state index in [-0.39, 0.29) is 11.8 Å². The quantitative estimate of drug-likeness (QED) is 0.632. The second-order valence-electron chi connectivity index (χ2n) is 6.54. The third-order valence-corrected chi connectivity index (χ3v) is 6.08. The first kappa shape index (κ1) is 16.5. The highest BCUT2D eigenvalue weighted by molar-refractivity contribution is 7.12. The van der Waals surface area contributed by atoms with Crippen LogP contribution in [0.15, 0.2) is 30.5 Å². The molecule has 4 rings (SSSR count). The molecule has 2 aromatic rings. The van der Waals surface area contributed by atoms with Crippen molar-refractivity contribution in [3.05, 3.63) is 51.5 Å². The van der Waals surface area contributed by atoms with E-state index >= 15 is 0 Å². The molecule has 1 amide bonds. The van der Waals surface area contributed by atoms with Crippen molar-refractivity contribution >= 4 is 17.2 Å². The van der Waals surface area contributed by atoms with Gasteiger partial charge in [-0.1, -0.05) is 0 Å². The predicted molar refractivity (Wildman–Crippen MR) is 84.4 cm³/mol. The molecule has 2 saturated carbocycles. The van der Waals surface area contributed by atoms with Gasteiger partial charge in [-0.3, -0.25) is 15.0 Å². The number of aromatic nitrogens is 1. The van der Waals surface area contributed by atoms with Crippen LogP contribution < -0.4 is 5.48 Å². The van der Waals surface area contributed by atoms with Gasteiger partial charge in [0, 0.05) is 34.5 Å². The molecule has 2 fully saturated rings. The highest BCUT2D eigenvalue weighted by Crippen LogP contribution is 2.62. The molecule has 4 nitrogen and oxygen atoms in total. The average Bonchev–Trinajstić information content (AvgIpc) is 3.50. The third-order valence-electron chi connectivity index (χ3n) is 4.85. The first-order valence-electron chi connectivity index (χ1n) is 7.97. The van der Waals surface area contributed by atoms with Gasteiger partial charge in [-0.15, -0.1) is 11.3 Å². The van der Waals surface area contributed by atoms with Crippen LogP contribution in [-0.4, -0.2) is 16.1 Å².